The minimum absolute atomic E-state index is 0.0221. The summed E-state index contributed by atoms with van der Waals surface area (Å²) in [4.78, 5) is 34.5. The molecule has 1 fully saturated rings. The van der Waals surface area contributed by atoms with Gasteiger partial charge in [-0.1, -0.05) is 12.1 Å². The van der Waals surface area contributed by atoms with Crippen molar-refractivity contribution in [2.45, 2.75) is 19.3 Å². The lowest BCUT2D eigenvalue weighted by atomic mass is 10.1. The molecule has 0 spiro atoms. The van der Waals surface area contributed by atoms with Crippen LogP contribution in [0, 0.1) is 5.92 Å². The summed E-state index contributed by atoms with van der Waals surface area (Å²) in [5.74, 6) is -1.28. The zero-order valence-electron chi connectivity index (χ0n) is 13.5. The van der Waals surface area contributed by atoms with Crippen LogP contribution in [0.15, 0.2) is 48.5 Å². The van der Waals surface area contributed by atoms with Crippen LogP contribution < -0.4 is 15.7 Å². The average Bonchev–Trinajstić information content (AvgIpc) is 3.42. The lowest BCUT2D eigenvalue weighted by Crippen LogP contribution is -2.24. The molecular weight excluding hydrogens is 320 g/mol. The van der Waals surface area contributed by atoms with Crippen LogP contribution in [0.3, 0.4) is 0 Å². The van der Waals surface area contributed by atoms with Gasteiger partial charge in [0.05, 0.1) is 0 Å². The van der Waals surface area contributed by atoms with Crippen molar-refractivity contribution in [1.29, 1.82) is 0 Å². The number of nitrogens with one attached hydrogen (secondary N) is 2. The van der Waals surface area contributed by atoms with Crippen molar-refractivity contribution in [1.82, 2.24) is 0 Å². The van der Waals surface area contributed by atoms with Crippen molar-refractivity contribution < 1.29 is 19.5 Å². The van der Waals surface area contributed by atoms with Crippen molar-refractivity contribution in [3.05, 3.63) is 59.7 Å². The minimum atomic E-state index is -1.15. The van der Waals surface area contributed by atoms with Gasteiger partial charge in [0.15, 0.2) is 0 Å². The second-order valence-electron chi connectivity index (χ2n) is 6.04. The van der Waals surface area contributed by atoms with E-state index in [4.69, 9.17) is 0 Å². The van der Waals surface area contributed by atoms with Crippen LogP contribution in [0.1, 0.15) is 28.8 Å². The summed E-state index contributed by atoms with van der Waals surface area (Å²) in [6.07, 6.45) is 1.71. The Morgan fingerprint density at radius 2 is 1.44 bits per heavy atom. The Morgan fingerprint density at radius 1 is 0.880 bits per heavy atom. The molecular formula is C19H17N2O4-. The monoisotopic (exact) mass is 337 g/mol. The van der Waals surface area contributed by atoms with Gasteiger partial charge in [-0.05, 0) is 54.8 Å². The molecule has 0 radical (unpaired) electrons. The maximum Gasteiger partial charge on any atom is 0.255 e. The standard InChI is InChI=1S/C19H18N2O4/c22-17(23)11-12-1-7-15(8-2-12)20-19(25)14-5-9-16(10-6-14)21-18(24)13-3-4-13/h1-2,5-10,13H,3-4,11H2,(H,20,25)(H,21,24)(H,22,23)/p-1. The van der Waals surface area contributed by atoms with Crippen LogP contribution in [0.4, 0.5) is 11.4 Å². The molecule has 0 atom stereocenters. The third-order valence-electron chi connectivity index (χ3n) is 3.92. The van der Waals surface area contributed by atoms with E-state index in [0.717, 1.165) is 12.8 Å². The first kappa shape index (κ1) is 16.7. The predicted octanol–water partition coefficient (Wildman–Crippen LogP) is 1.58. The van der Waals surface area contributed by atoms with E-state index in [0.29, 0.717) is 22.5 Å². The Hall–Kier alpha value is -3.15. The number of amides is 2. The topological polar surface area (TPSA) is 98.3 Å². The molecule has 1 aliphatic carbocycles. The molecule has 0 saturated heterocycles. The summed E-state index contributed by atoms with van der Waals surface area (Å²) < 4.78 is 0. The van der Waals surface area contributed by atoms with Crippen molar-refractivity contribution in [3.63, 3.8) is 0 Å². The molecule has 2 aromatic rings. The maximum absolute atomic E-state index is 12.2. The number of aliphatic carboxylic acids is 1. The Balaban J connectivity index is 1.58. The SMILES string of the molecule is O=C([O-])Cc1ccc(NC(=O)c2ccc(NC(=O)C3CC3)cc2)cc1. The number of hydrogen-bond acceptors (Lipinski definition) is 4. The first-order valence-electron chi connectivity index (χ1n) is 8.02. The lowest BCUT2D eigenvalue weighted by molar-refractivity contribution is -0.304. The van der Waals surface area contributed by atoms with Crippen LogP contribution in [-0.4, -0.2) is 17.8 Å². The molecule has 3 rings (SSSR count). The van der Waals surface area contributed by atoms with E-state index >= 15 is 0 Å². The van der Waals surface area contributed by atoms with Crippen molar-refractivity contribution in [2.24, 2.45) is 5.92 Å². The van der Waals surface area contributed by atoms with Crippen LogP contribution in [0.2, 0.25) is 0 Å². The summed E-state index contributed by atoms with van der Waals surface area (Å²) >= 11 is 0. The third-order valence-corrected chi connectivity index (χ3v) is 3.92. The van der Waals surface area contributed by atoms with E-state index in [1.807, 2.05) is 0 Å². The largest absolute Gasteiger partial charge is 0.550 e. The van der Waals surface area contributed by atoms with Gasteiger partial charge >= 0.3 is 0 Å². The Kier molecular flexibility index (Phi) is 4.79. The van der Waals surface area contributed by atoms with E-state index in [2.05, 4.69) is 10.6 Å². The molecule has 0 unspecified atom stereocenters. The molecule has 6 nitrogen and oxygen atoms in total. The zero-order valence-corrected chi connectivity index (χ0v) is 13.5. The number of anilines is 2. The molecule has 1 aliphatic rings. The third kappa shape index (κ3) is 4.67. The Morgan fingerprint density at radius 3 is 2.00 bits per heavy atom. The van der Waals surface area contributed by atoms with E-state index < -0.39 is 5.97 Å². The molecule has 6 heteroatoms. The van der Waals surface area contributed by atoms with Crippen LogP contribution >= 0.6 is 0 Å². The van der Waals surface area contributed by atoms with Crippen LogP contribution in [-0.2, 0) is 16.0 Å². The van der Waals surface area contributed by atoms with Crippen LogP contribution in [0.25, 0.3) is 0 Å². The highest BCUT2D eigenvalue weighted by atomic mass is 16.4. The second-order valence-corrected chi connectivity index (χ2v) is 6.04. The predicted molar refractivity (Wildman–Crippen MR) is 90.9 cm³/mol. The van der Waals surface area contributed by atoms with E-state index in [1.54, 1.807) is 48.5 Å². The molecule has 0 aliphatic heterocycles. The molecule has 0 aromatic heterocycles. The summed E-state index contributed by atoms with van der Waals surface area (Å²) in [7, 11) is 0. The van der Waals surface area contributed by atoms with Crippen molar-refractivity contribution in [3.8, 4) is 0 Å². The molecule has 2 N–H and O–H groups in total. The Bertz CT molecular complexity index is 793. The lowest BCUT2D eigenvalue weighted by Gasteiger charge is -2.08. The first-order chi connectivity index (χ1) is 12.0. The number of carbonyl (C=O) groups excluding carboxylic acids is 3. The van der Waals surface area contributed by atoms with E-state index in [9.17, 15) is 19.5 Å². The van der Waals surface area contributed by atoms with Gasteiger partial charge < -0.3 is 20.5 Å². The minimum Gasteiger partial charge on any atom is -0.550 e. The van der Waals surface area contributed by atoms with Crippen LogP contribution in [0.5, 0.6) is 0 Å². The molecule has 2 aromatic carbocycles. The Labute approximate surface area is 144 Å². The fourth-order valence-corrected chi connectivity index (χ4v) is 2.37. The number of carboxylic acids is 1. The van der Waals surface area contributed by atoms with E-state index in [1.165, 1.54) is 0 Å². The number of carbonyl (C=O) groups is 3. The number of hydrogen-bond donors (Lipinski definition) is 2. The molecule has 128 valence electrons. The first-order valence-corrected chi connectivity index (χ1v) is 8.02. The summed E-state index contributed by atoms with van der Waals surface area (Å²) in [6, 6.07) is 13.2. The number of benzene rings is 2. The van der Waals surface area contributed by atoms with Gasteiger partial charge in [-0.3, -0.25) is 9.59 Å². The molecule has 25 heavy (non-hydrogen) atoms. The quantitative estimate of drug-likeness (QED) is 0.836. The van der Waals surface area contributed by atoms with Gasteiger partial charge in [-0.15, -0.1) is 0 Å². The highest BCUT2D eigenvalue weighted by Gasteiger charge is 2.29. The number of carboxylic acid groups (broad SMARTS) is 1. The number of rotatable bonds is 6. The molecule has 1 saturated carbocycles. The summed E-state index contributed by atoms with van der Waals surface area (Å²) in [5, 5.41) is 16.1. The fourth-order valence-electron chi connectivity index (χ4n) is 2.37. The summed E-state index contributed by atoms with van der Waals surface area (Å²) in [5.41, 5.74) is 2.30. The summed E-state index contributed by atoms with van der Waals surface area (Å²) in [6.45, 7) is 0. The van der Waals surface area contributed by atoms with Crippen molar-refractivity contribution >= 4 is 29.2 Å². The molecule has 0 heterocycles. The van der Waals surface area contributed by atoms with Gasteiger partial charge in [-0.2, -0.15) is 0 Å². The molecule has 2 amide bonds. The maximum atomic E-state index is 12.2. The fraction of sp³-hybridized carbons (Fsp3) is 0.211. The smallest absolute Gasteiger partial charge is 0.255 e. The van der Waals surface area contributed by atoms with E-state index in [-0.39, 0.29) is 24.2 Å². The average molecular weight is 337 g/mol. The second kappa shape index (κ2) is 7.17. The highest BCUT2D eigenvalue weighted by molar-refractivity contribution is 6.04. The van der Waals surface area contributed by atoms with Gasteiger partial charge in [0.2, 0.25) is 5.91 Å². The normalized spacial score (nSPS) is 13.1. The molecule has 0 bridgehead atoms. The van der Waals surface area contributed by atoms with Gasteiger partial charge in [0.1, 0.15) is 0 Å². The van der Waals surface area contributed by atoms with Crippen molar-refractivity contribution in [2.75, 3.05) is 10.6 Å². The highest BCUT2D eigenvalue weighted by Crippen LogP contribution is 2.30. The van der Waals surface area contributed by atoms with Gasteiger partial charge in [0, 0.05) is 35.2 Å². The van der Waals surface area contributed by atoms with Gasteiger partial charge in [-0.25, -0.2) is 0 Å². The van der Waals surface area contributed by atoms with Gasteiger partial charge in [0.25, 0.3) is 5.91 Å². The zero-order chi connectivity index (χ0) is 17.8.